The minimum atomic E-state index is -0.154. The zero-order valence-electron chi connectivity index (χ0n) is 9.08. The molecule has 1 heterocycles. The Morgan fingerprint density at radius 2 is 2.00 bits per heavy atom. The molecular weight excluding hydrogens is 216 g/mol. The van der Waals surface area contributed by atoms with Crippen molar-refractivity contribution in [3.05, 3.63) is 54.5 Å². The first-order valence-corrected chi connectivity index (χ1v) is 5.04. The molecule has 5 heteroatoms. The van der Waals surface area contributed by atoms with Crippen LogP contribution in [0.15, 0.2) is 58.2 Å². The molecule has 0 aliphatic rings. The summed E-state index contributed by atoms with van der Waals surface area (Å²) in [7, 11) is 0. The Morgan fingerprint density at radius 1 is 1.24 bits per heavy atom. The number of nitrogens with two attached hydrogens (primary N) is 1. The van der Waals surface area contributed by atoms with Gasteiger partial charge in [-0.2, -0.15) is 5.10 Å². The summed E-state index contributed by atoms with van der Waals surface area (Å²) in [5.41, 5.74) is 6.20. The van der Waals surface area contributed by atoms with E-state index < -0.39 is 0 Å². The third-order valence-electron chi connectivity index (χ3n) is 2.07. The molecule has 5 nitrogen and oxygen atoms in total. The van der Waals surface area contributed by atoms with Crippen molar-refractivity contribution < 1.29 is 4.42 Å². The van der Waals surface area contributed by atoms with Crippen molar-refractivity contribution in [2.45, 2.75) is 0 Å². The van der Waals surface area contributed by atoms with Crippen LogP contribution in [-0.4, -0.2) is 12.2 Å². The average Bonchev–Trinajstić information content (AvgIpc) is 2.83. The van der Waals surface area contributed by atoms with Gasteiger partial charge in [-0.1, -0.05) is 18.2 Å². The standard InChI is InChI=1S/C12H12N4O/c13-12(14)16(10-5-2-1-3-6-10)15-9-11-7-4-8-17-11/h1-9H,(H3,13,14)/b15-9+. The van der Waals surface area contributed by atoms with Gasteiger partial charge in [0.15, 0.2) is 0 Å². The smallest absolute Gasteiger partial charge is 0.214 e. The van der Waals surface area contributed by atoms with Gasteiger partial charge in [-0.25, -0.2) is 5.01 Å². The maximum Gasteiger partial charge on any atom is 0.214 e. The summed E-state index contributed by atoms with van der Waals surface area (Å²) in [6, 6.07) is 12.8. The molecule has 3 N–H and O–H groups in total. The summed E-state index contributed by atoms with van der Waals surface area (Å²) in [5.74, 6) is 0.450. The molecule has 2 rings (SSSR count). The second-order valence-electron chi connectivity index (χ2n) is 3.29. The van der Waals surface area contributed by atoms with Crippen molar-refractivity contribution in [3.8, 4) is 0 Å². The number of guanidine groups is 1. The summed E-state index contributed by atoms with van der Waals surface area (Å²) >= 11 is 0. The average molecular weight is 228 g/mol. The number of hydrogen-bond acceptors (Lipinski definition) is 3. The van der Waals surface area contributed by atoms with Crippen LogP contribution in [0.5, 0.6) is 0 Å². The van der Waals surface area contributed by atoms with Crippen LogP contribution in [0.1, 0.15) is 5.76 Å². The molecule has 0 spiro atoms. The molecule has 0 atom stereocenters. The summed E-state index contributed by atoms with van der Waals surface area (Å²) in [6.45, 7) is 0. The SMILES string of the molecule is N=C(N)N(/N=C/c1ccco1)c1ccccc1. The predicted molar refractivity (Wildman–Crippen MR) is 67.1 cm³/mol. The first kappa shape index (κ1) is 10.9. The first-order valence-electron chi connectivity index (χ1n) is 5.04. The number of nitrogens with zero attached hydrogens (tertiary/aromatic N) is 2. The Labute approximate surface area is 98.7 Å². The lowest BCUT2D eigenvalue weighted by Gasteiger charge is -2.15. The number of anilines is 1. The Morgan fingerprint density at radius 3 is 2.59 bits per heavy atom. The minimum absolute atomic E-state index is 0.154. The van der Waals surface area contributed by atoms with E-state index in [9.17, 15) is 0 Å². The molecule has 0 amide bonds. The Bertz CT molecular complexity index is 505. The van der Waals surface area contributed by atoms with Crippen LogP contribution in [0.2, 0.25) is 0 Å². The van der Waals surface area contributed by atoms with E-state index in [1.54, 1.807) is 18.4 Å². The summed E-state index contributed by atoms with van der Waals surface area (Å²) in [6.07, 6.45) is 3.07. The molecule has 0 saturated carbocycles. The molecule has 0 saturated heterocycles. The lowest BCUT2D eigenvalue weighted by atomic mass is 10.3. The van der Waals surface area contributed by atoms with Crippen LogP contribution in [0, 0.1) is 5.41 Å². The van der Waals surface area contributed by atoms with Crippen molar-refractivity contribution in [2.75, 3.05) is 5.01 Å². The van der Waals surface area contributed by atoms with E-state index in [0.717, 1.165) is 5.69 Å². The molecule has 0 bridgehead atoms. The van der Waals surface area contributed by atoms with Gasteiger partial charge in [-0.3, -0.25) is 5.41 Å². The zero-order chi connectivity index (χ0) is 12.1. The van der Waals surface area contributed by atoms with E-state index in [0.29, 0.717) is 5.76 Å². The maximum absolute atomic E-state index is 7.48. The van der Waals surface area contributed by atoms with Crippen molar-refractivity contribution in [3.63, 3.8) is 0 Å². The van der Waals surface area contributed by atoms with Crippen LogP contribution >= 0.6 is 0 Å². The monoisotopic (exact) mass is 228 g/mol. The third kappa shape index (κ3) is 2.72. The van der Waals surface area contributed by atoms with Gasteiger partial charge in [0.25, 0.3) is 0 Å². The molecule has 0 radical (unpaired) electrons. The van der Waals surface area contributed by atoms with Crippen LogP contribution < -0.4 is 10.7 Å². The zero-order valence-corrected chi connectivity index (χ0v) is 9.08. The number of hydrazone groups is 1. The Balaban J connectivity index is 2.22. The minimum Gasteiger partial charge on any atom is -0.463 e. The van der Waals surface area contributed by atoms with Gasteiger partial charge in [0.1, 0.15) is 5.76 Å². The molecule has 86 valence electrons. The van der Waals surface area contributed by atoms with Crippen molar-refractivity contribution in [1.29, 1.82) is 5.41 Å². The highest BCUT2D eigenvalue weighted by Crippen LogP contribution is 2.12. The fourth-order valence-electron chi connectivity index (χ4n) is 1.32. The number of benzene rings is 1. The predicted octanol–water partition coefficient (Wildman–Crippen LogP) is 2.01. The highest BCUT2D eigenvalue weighted by atomic mass is 16.3. The normalized spacial score (nSPS) is 10.6. The van der Waals surface area contributed by atoms with E-state index in [2.05, 4.69) is 5.10 Å². The van der Waals surface area contributed by atoms with Crippen LogP contribution in [-0.2, 0) is 0 Å². The quantitative estimate of drug-likeness (QED) is 0.479. The highest BCUT2D eigenvalue weighted by Gasteiger charge is 2.06. The fourth-order valence-corrected chi connectivity index (χ4v) is 1.32. The van der Waals surface area contributed by atoms with Crippen LogP contribution in [0.25, 0.3) is 0 Å². The van der Waals surface area contributed by atoms with Gasteiger partial charge in [-0.05, 0) is 24.3 Å². The summed E-state index contributed by atoms with van der Waals surface area (Å²) < 4.78 is 5.11. The fraction of sp³-hybridized carbons (Fsp3) is 0. The lowest BCUT2D eigenvalue weighted by Crippen LogP contribution is -2.32. The largest absolute Gasteiger partial charge is 0.463 e. The van der Waals surface area contributed by atoms with Crippen LogP contribution in [0.3, 0.4) is 0 Å². The van der Waals surface area contributed by atoms with Crippen LogP contribution in [0.4, 0.5) is 5.69 Å². The third-order valence-corrected chi connectivity index (χ3v) is 2.07. The van der Waals surface area contributed by atoms with E-state index in [-0.39, 0.29) is 5.96 Å². The van der Waals surface area contributed by atoms with Crippen molar-refractivity contribution in [2.24, 2.45) is 10.8 Å². The molecule has 2 aromatic rings. The van der Waals surface area contributed by atoms with Gasteiger partial charge in [-0.15, -0.1) is 0 Å². The number of rotatable bonds is 3. The second kappa shape index (κ2) is 4.98. The number of hydrogen-bond donors (Lipinski definition) is 2. The first-order chi connectivity index (χ1) is 8.27. The van der Waals surface area contributed by atoms with Gasteiger partial charge in [0.05, 0.1) is 18.2 Å². The molecule has 17 heavy (non-hydrogen) atoms. The molecule has 1 aromatic carbocycles. The van der Waals surface area contributed by atoms with E-state index >= 15 is 0 Å². The molecule has 0 fully saturated rings. The van der Waals surface area contributed by atoms with Gasteiger partial charge < -0.3 is 10.2 Å². The van der Waals surface area contributed by atoms with Crippen molar-refractivity contribution >= 4 is 17.9 Å². The van der Waals surface area contributed by atoms with Gasteiger partial charge in [0, 0.05) is 0 Å². The number of nitrogens with one attached hydrogen (secondary N) is 1. The molecular formula is C12H12N4O. The molecule has 0 unspecified atom stereocenters. The number of furan rings is 1. The highest BCUT2D eigenvalue weighted by molar-refractivity contribution is 5.93. The van der Waals surface area contributed by atoms with Gasteiger partial charge in [0.2, 0.25) is 5.96 Å². The summed E-state index contributed by atoms with van der Waals surface area (Å²) in [5, 5.41) is 12.9. The topological polar surface area (TPSA) is 78.6 Å². The second-order valence-corrected chi connectivity index (χ2v) is 3.29. The van der Waals surface area contributed by atoms with E-state index in [1.807, 2.05) is 30.3 Å². The molecule has 0 aliphatic heterocycles. The van der Waals surface area contributed by atoms with E-state index in [1.165, 1.54) is 11.2 Å². The lowest BCUT2D eigenvalue weighted by molar-refractivity contribution is 0.560. The molecule has 0 aliphatic carbocycles. The number of para-hydroxylation sites is 1. The van der Waals surface area contributed by atoms with E-state index in [4.69, 9.17) is 15.6 Å². The Kier molecular flexibility index (Phi) is 3.20. The van der Waals surface area contributed by atoms with Gasteiger partial charge >= 0.3 is 0 Å². The Hall–Kier alpha value is -2.56. The molecule has 1 aromatic heterocycles. The summed E-state index contributed by atoms with van der Waals surface area (Å²) in [4.78, 5) is 0. The maximum atomic E-state index is 7.48. The van der Waals surface area contributed by atoms with Crippen molar-refractivity contribution in [1.82, 2.24) is 0 Å².